The first-order chi connectivity index (χ1) is 8.78. The van der Waals surface area contributed by atoms with Crippen LogP contribution < -0.4 is 5.32 Å². The summed E-state index contributed by atoms with van der Waals surface area (Å²) in [6.45, 7) is 6.23. The molecule has 1 aliphatic carbocycles. The highest BCUT2D eigenvalue weighted by Crippen LogP contribution is 2.29. The quantitative estimate of drug-likeness (QED) is 0.819. The van der Waals surface area contributed by atoms with Gasteiger partial charge in [0.15, 0.2) is 0 Å². The summed E-state index contributed by atoms with van der Waals surface area (Å²) in [7, 11) is 0. The lowest BCUT2D eigenvalue weighted by Gasteiger charge is -2.16. The Balaban J connectivity index is 1.54. The Labute approximate surface area is 110 Å². The van der Waals surface area contributed by atoms with Gasteiger partial charge < -0.3 is 15.0 Å². The molecule has 2 fully saturated rings. The van der Waals surface area contributed by atoms with Gasteiger partial charge in [0.05, 0.1) is 0 Å². The van der Waals surface area contributed by atoms with Gasteiger partial charge in [0.2, 0.25) is 0 Å². The molecule has 0 bridgehead atoms. The summed E-state index contributed by atoms with van der Waals surface area (Å²) in [5.74, 6) is 0.757. The van der Waals surface area contributed by atoms with Crippen LogP contribution in [-0.2, 0) is 4.74 Å². The molecule has 0 unspecified atom stereocenters. The fourth-order valence-electron chi connectivity index (χ4n) is 3.02. The molecule has 4 nitrogen and oxygen atoms in total. The van der Waals surface area contributed by atoms with Gasteiger partial charge in [0, 0.05) is 13.1 Å². The summed E-state index contributed by atoms with van der Waals surface area (Å²) in [4.78, 5) is 14.0. The fourth-order valence-corrected chi connectivity index (χ4v) is 3.02. The minimum absolute atomic E-state index is 0.154. The number of carbonyl (C=O) groups is 1. The van der Waals surface area contributed by atoms with E-state index >= 15 is 0 Å². The number of carbonyl (C=O) groups excluding carboxylic acids is 1. The average Bonchev–Trinajstić information content (AvgIpc) is 3.00. The van der Waals surface area contributed by atoms with Crippen LogP contribution in [0.4, 0.5) is 4.79 Å². The van der Waals surface area contributed by atoms with Crippen LogP contribution in [0.15, 0.2) is 0 Å². The second kappa shape index (κ2) is 6.98. The summed E-state index contributed by atoms with van der Waals surface area (Å²) in [5, 5.41) is 2.87. The van der Waals surface area contributed by atoms with Gasteiger partial charge in [-0.2, -0.15) is 0 Å². The lowest BCUT2D eigenvalue weighted by atomic mass is 10.1. The third-order valence-electron chi connectivity index (χ3n) is 4.24. The Morgan fingerprint density at radius 2 is 2.11 bits per heavy atom. The van der Waals surface area contributed by atoms with E-state index in [0.29, 0.717) is 6.54 Å². The molecule has 104 valence electrons. The van der Waals surface area contributed by atoms with Crippen LogP contribution in [0.25, 0.3) is 0 Å². The van der Waals surface area contributed by atoms with E-state index in [1.165, 1.54) is 38.8 Å². The molecular formula is C14H26N2O2. The van der Waals surface area contributed by atoms with E-state index in [9.17, 15) is 4.79 Å². The number of nitrogens with zero attached hydrogens (tertiary/aromatic N) is 1. The molecule has 1 saturated carbocycles. The van der Waals surface area contributed by atoms with Crippen molar-refractivity contribution in [1.29, 1.82) is 0 Å². The van der Waals surface area contributed by atoms with E-state index in [2.05, 4.69) is 17.1 Å². The van der Waals surface area contributed by atoms with E-state index in [0.717, 1.165) is 25.3 Å². The second-order valence-corrected chi connectivity index (χ2v) is 5.59. The predicted molar refractivity (Wildman–Crippen MR) is 71.6 cm³/mol. The summed E-state index contributed by atoms with van der Waals surface area (Å²) in [5.41, 5.74) is 0. The molecule has 1 amide bonds. The largest absolute Gasteiger partial charge is 0.446 e. The van der Waals surface area contributed by atoms with Crippen molar-refractivity contribution in [3.05, 3.63) is 0 Å². The molecule has 1 aliphatic heterocycles. The van der Waals surface area contributed by atoms with Crippen LogP contribution in [0.5, 0.6) is 0 Å². The number of likely N-dealkylation sites (tertiary alicyclic amines) is 1. The average molecular weight is 254 g/mol. The van der Waals surface area contributed by atoms with Gasteiger partial charge in [-0.1, -0.05) is 13.3 Å². The molecular weight excluding hydrogens is 228 g/mol. The van der Waals surface area contributed by atoms with Crippen LogP contribution in [0.1, 0.15) is 45.4 Å². The molecule has 2 rings (SSSR count). The minimum atomic E-state index is -0.226. The number of amides is 1. The summed E-state index contributed by atoms with van der Waals surface area (Å²) >= 11 is 0. The monoisotopic (exact) mass is 254 g/mol. The van der Waals surface area contributed by atoms with Gasteiger partial charge in [-0.05, 0) is 51.1 Å². The zero-order chi connectivity index (χ0) is 12.8. The molecule has 0 aromatic rings. The highest BCUT2D eigenvalue weighted by molar-refractivity contribution is 5.67. The Kier molecular flexibility index (Phi) is 5.29. The van der Waals surface area contributed by atoms with E-state index in [-0.39, 0.29) is 12.2 Å². The van der Waals surface area contributed by atoms with E-state index < -0.39 is 0 Å². The fraction of sp³-hybridized carbons (Fsp3) is 0.929. The van der Waals surface area contributed by atoms with Crippen LogP contribution in [0.3, 0.4) is 0 Å². The number of nitrogens with one attached hydrogen (secondary N) is 1. The first-order valence-corrected chi connectivity index (χ1v) is 7.44. The first kappa shape index (κ1) is 13.7. The molecule has 0 spiro atoms. The molecule has 18 heavy (non-hydrogen) atoms. The van der Waals surface area contributed by atoms with Crippen molar-refractivity contribution in [3.8, 4) is 0 Å². The number of hydrogen-bond acceptors (Lipinski definition) is 3. The molecule has 2 atom stereocenters. The number of alkyl carbamates (subject to hydrolysis) is 1. The van der Waals surface area contributed by atoms with E-state index in [4.69, 9.17) is 4.74 Å². The van der Waals surface area contributed by atoms with Crippen LogP contribution in [0, 0.1) is 5.92 Å². The van der Waals surface area contributed by atoms with Gasteiger partial charge in [0.1, 0.15) is 6.10 Å². The molecule has 4 heteroatoms. The second-order valence-electron chi connectivity index (χ2n) is 5.59. The Hall–Kier alpha value is -0.770. The van der Waals surface area contributed by atoms with E-state index in [1.54, 1.807) is 0 Å². The number of ether oxygens (including phenoxy) is 1. The Bertz CT molecular complexity index is 265. The van der Waals surface area contributed by atoms with Crippen molar-refractivity contribution >= 4 is 6.09 Å². The molecule has 1 N–H and O–H groups in total. The van der Waals surface area contributed by atoms with Gasteiger partial charge >= 0.3 is 6.09 Å². The maximum atomic E-state index is 11.6. The van der Waals surface area contributed by atoms with Gasteiger partial charge in [-0.15, -0.1) is 0 Å². The Morgan fingerprint density at radius 3 is 2.78 bits per heavy atom. The molecule has 2 aliphatic rings. The van der Waals surface area contributed by atoms with Crippen molar-refractivity contribution in [2.45, 2.75) is 51.6 Å². The maximum absolute atomic E-state index is 11.6. The Morgan fingerprint density at radius 1 is 1.33 bits per heavy atom. The predicted octanol–water partition coefficient (Wildman–Crippen LogP) is 2.39. The van der Waals surface area contributed by atoms with Crippen molar-refractivity contribution in [2.75, 3.05) is 26.2 Å². The smallest absolute Gasteiger partial charge is 0.407 e. The summed E-state index contributed by atoms with van der Waals surface area (Å²) < 4.78 is 5.44. The zero-order valence-electron chi connectivity index (χ0n) is 11.5. The standard InChI is InChI=1S/C14H26N2O2/c1-2-12-5-6-13(11-12)18-14(17)15-7-10-16-8-3-4-9-16/h12-13H,2-11H2,1H3,(H,15,17)/t12-,13+/m0/s1. The number of hydrogen-bond donors (Lipinski definition) is 1. The molecule has 1 saturated heterocycles. The number of rotatable bonds is 5. The topological polar surface area (TPSA) is 41.6 Å². The van der Waals surface area contributed by atoms with Crippen molar-refractivity contribution < 1.29 is 9.53 Å². The maximum Gasteiger partial charge on any atom is 0.407 e. The minimum Gasteiger partial charge on any atom is -0.446 e. The SMILES string of the molecule is CC[C@H]1CC[C@@H](OC(=O)NCCN2CCCC2)C1. The normalized spacial score (nSPS) is 28.5. The first-order valence-electron chi connectivity index (χ1n) is 7.44. The van der Waals surface area contributed by atoms with Crippen LogP contribution in [0.2, 0.25) is 0 Å². The van der Waals surface area contributed by atoms with Crippen molar-refractivity contribution in [3.63, 3.8) is 0 Å². The van der Waals surface area contributed by atoms with Gasteiger partial charge in [-0.3, -0.25) is 0 Å². The van der Waals surface area contributed by atoms with Crippen molar-refractivity contribution in [1.82, 2.24) is 10.2 Å². The molecule has 0 aromatic heterocycles. The van der Waals surface area contributed by atoms with E-state index in [1.807, 2.05) is 0 Å². The summed E-state index contributed by atoms with van der Waals surface area (Å²) in [6.07, 6.45) is 7.03. The molecule has 1 heterocycles. The zero-order valence-corrected chi connectivity index (χ0v) is 11.5. The highest BCUT2D eigenvalue weighted by atomic mass is 16.6. The van der Waals surface area contributed by atoms with Gasteiger partial charge in [0.25, 0.3) is 0 Å². The summed E-state index contributed by atoms with van der Waals surface area (Å²) in [6, 6.07) is 0. The van der Waals surface area contributed by atoms with Crippen molar-refractivity contribution in [2.24, 2.45) is 5.92 Å². The highest BCUT2D eigenvalue weighted by Gasteiger charge is 2.26. The van der Waals surface area contributed by atoms with Crippen LogP contribution >= 0.6 is 0 Å². The third-order valence-corrected chi connectivity index (χ3v) is 4.24. The molecule has 0 radical (unpaired) electrons. The van der Waals surface area contributed by atoms with Gasteiger partial charge in [-0.25, -0.2) is 4.79 Å². The lowest BCUT2D eigenvalue weighted by molar-refractivity contribution is 0.0979. The third kappa shape index (κ3) is 4.16. The lowest BCUT2D eigenvalue weighted by Crippen LogP contribution is -2.35. The molecule has 0 aromatic carbocycles. The van der Waals surface area contributed by atoms with Crippen LogP contribution in [-0.4, -0.2) is 43.3 Å².